The molecule has 0 fully saturated rings. The molecule has 0 saturated heterocycles. The Balaban J connectivity index is 0.00000280. The van der Waals surface area contributed by atoms with Crippen LogP contribution >= 0.6 is 24.0 Å². The van der Waals surface area contributed by atoms with Gasteiger partial charge in [-0.05, 0) is 24.6 Å². The SMILES string of the molecule is CCNC(=NCc1nc2ccccc2n1C)NCC(C)(C)c1ccccc1.I. The van der Waals surface area contributed by atoms with Crippen molar-refractivity contribution in [3.8, 4) is 0 Å². The fourth-order valence-corrected chi connectivity index (χ4v) is 3.12. The first-order chi connectivity index (χ1) is 13.0. The van der Waals surface area contributed by atoms with Gasteiger partial charge in [-0.3, -0.25) is 0 Å². The Kier molecular flexibility index (Phi) is 7.86. The van der Waals surface area contributed by atoms with E-state index >= 15 is 0 Å². The molecule has 28 heavy (non-hydrogen) atoms. The second kappa shape index (κ2) is 9.91. The Labute approximate surface area is 184 Å². The summed E-state index contributed by atoms with van der Waals surface area (Å²) in [5, 5.41) is 6.82. The monoisotopic (exact) mass is 491 g/mol. The molecule has 2 aromatic carbocycles. The van der Waals surface area contributed by atoms with Crippen LogP contribution in [0.2, 0.25) is 0 Å². The molecule has 1 heterocycles. The number of benzene rings is 2. The lowest BCUT2D eigenvalue weighted by molar-refractivity contribution is 0.508. The van der Waals surface area contributed by atoms with Gasteiger partial charge in [0.25, 0.3) is 0 Å². The molecule has 2 N–H and O–H groups in total. The van der Waals surface area contributed by atoms with Crippen LogP contribution in [0.3, 0.4) is 0 Å². The van der Waals surface area contributed by atoms with Crippen LogP contribution in [0.1, 0.15) is 32.2 Å². The minimum absolute atomic E-state index is 0. The van der Waals surface area contributed by atoms with Gasteiger partial charge in [0.05, 0.1) is 11.0 Å². The minimum Gasteiger partial charge on any atom is -0.357 e. The molecule has 3 aromatic rings. The van der Waals surface area contributed by atoms with E-state index in [1.54, 1.807) is 0 Å². The van der Waals surface area contributed by atoms with Gasteiger partial charge in [0.1, 0.15) is 12.4 Å². The molecule has 0 atom stereocenters. The van der Waals surface area contributed by atoms with Crippen LogP contribution in [0.15, 0.2) is 59.6 Å². The van der Waals surface area contributed by atoms with Gasteiger partial charge in [-0.1, -0.05) is 56.3 Å². The minimum atomic E-state index is 0. The van der Waals surface area contributed by atoms with Crippen molar-refractivity contribution in [1.29, 1.82) is 0 Å². The van der Waals surface area contributed by atoms with Gasteiger partial charge in [-0.2, -0.15) is 0 Å². The van der Waals surface area contributed by atoms with E-state index in [4.69, 9.17) is 9.98 Å². The zero-order valence-corrected chi connectivity index (χ0v) is 19.4. The summed E-state index contributed by atoms with van der Waals surface area (Å²) in [6, 6.07) is 18.7. The summed E-state index contributed by atoms with van der Waals surface area (Å²) in [4.78, 5) is 9.45. The number of aromatic nitrogens is 2. The Morgan fingerprint density at radius 3 is 2.39 bits per heavy atom. The third-order valence-corrected chi connectivity index (χ3v) is 4.86. The Bertz CT molecular complexity index is 915. The zero-order chi connectivity index (χ0) is 19.3. The lowest BCUT2D eigenvalue weighted by Gasteiger charge is -2.26. The maximum Gasteiger partial charge on any atom is 0.191 e. The van der Waals surface area contributed by atoms with Gasteiger partial charge in [0.15, 0.2) is 5.96 Å². The maximum absolute atomic E-state index is 4.75. The molecule has 6 heteroatoms. The highest BCUT2D eigenvalue weighted by molar-refractivity contribution is 14.0. The number of halogens is 1. The first-order valence-corrected chi connectivity index (χ1v) is 9.49. The molecule has 3 rings (SSSR count). The fraction of sp³-hybridized carbons (Fsp3) is 0.364. The average Bonchev–Trinajstić information content (AvgIpc) is 3.01. The highest BCUT2D eigenvalue weighted by Crippen LogP contribution is 2.21. The van der Waals surface area contributed by atoms with Crippen LogP contribution in [-0.4, -0.2) is 28.6 Å². The molecule has 5 nitrogen and oxygen atoms in total. The Hall–Kier alpha value is -2.09. The predicted molar refractivity (Wildman–Crippen MR) is 128 cm³/mol. The van der Waals surface area contributed by atoms with Crippen LogP contribution in [0.5, 0.6) is 0 Å². The normalized spacial score (nSPS) is 11.9. The maximum atomic E-state index is 4.75. The van der Waals surface area contributed by atoms with Crippen molar-refractivity contribution in [2.24, 2.45) is 12.0 Å². The molecule has 0 spiro atoms. The van der Waals surface area contributed by atoms with E-state index in [0.717, 1.165) is 35.9 Å². The van der Waals surface area contributed by atoms with E-state index in [-0.39, 0.29) is 29.4 Å². The topological polar surface area (TPSA) is 54.2 Å². The number of rotatable bonds is 6. The summed E-state index contributed by atoms with van der Waals surface area (Å²) in [5.41, 5.74) is 3.46. The summed E-state index contributed by atoms with van der Waals surface area (Å²) >= 11 is 0. The molecule has 0 saturated carbocycles. The van der Waals surface area contributed by atoms with Gasteiger partial charge < -0.3 is 15.2 Å². The van der Waals surface area contributed by atoms with E-state index in [1.807, 2.05) is 25.2 Å². The van der Waals surface area contributed by atoms with Gasteiger partial charge in [0.2, 0.25) is 0 Å². The predicted octanol–water partition coefficient (Wildman–Crippen LogP) is 4.22. The molecule has 0 radical (unpaired) electrons. The van der Waals surface area contributed by atoms with E-state index in [9.17, 15) is 0 Å². The lowest BCUT2D eigenvalue weighted by Crippen LogP contribution is -2.43. The molecule has 0 bridgehead atoms. The van der Waals surface area contributed by atoms with Crippen LogP contribution in [0.4, 0.5) is 0 Å². The second-order valence-electron chi connectivity index (χ2n) is 7.37. The first kappa shape index (κ1) is 22.2. The fourth-order valence-electron chi connectivity index (χ4n) is 3.12. The number of nitrogens with one attached hydrogen (secondary N) is 2. The number of hydrogen-bond acceptors (Lipinski definition) is 2. The average molecular weight is 491 g/mol. The summed E-state index contributed by atoms with van der Waals surface area (Å²) in [7, 11) is 2.04. The third kappa shape index (κ3) is 5.25. The van der Waals surface area contributed by atoms with Crippen molar-refractivity contribution < 1.29 is 0 Å². The van der Waals surface area contributed by atoms with E-state index in [0.29, 0.717) is 6.54 Å². The van der Waals surface area contributed by atoms with E-state index < -0.39 is 0 Å². The highest BCUT2D eigenvalue weighted by atomic mass is 127. The molecule has 0 aliphatic heterocycles. The van der Waals surface area contributed by atoms with Gasteiger partial charge in [0, 0.05) is 25.6 Å². The van der Waals surface area contributed by atoms with Crippen LogP contribution in [0.25, 0.3) is 11.0 Å². The molecule has 0 aliphatic carbocycles. The number of imidazole rings is 1. The highest BCUT2D eigenvalue weighted by Gasteiger charge is 2.20. The molecule has 0 unspecified atom stereocenters. The molecule has 0 amide bonds. The van der Waals surface area contributed by atoms with Crippen LogP contribution < -0.4 is 10.6 Å². The number of para-hydroxylation sites is 2. The zero-order valence-electron chi connectivity index (χ0n) is 17.1. The number of guanidine groups is 1. The first-order valence-electron chi connectivity index (χ1n) is 9.49. The van der Waals surface area contributed by atoms with E-state index in [2.05, 4.69) is 72.4 Å². The quantitative estimate of drug-likeness (QED) is 0.309. The Morgan fingerprint density at radius 2 is 1.71 bits per heavy atom. The lowest BCUT2D eigenvalue weighted by atomic mass is 9.85. The molecule has 0 aliphatic rings. The molecular formula is C22H30IN5. The van der Waals surface area contributed by atoms with Gasteiger partial charge >= 0.3 is 0 Å². The summed E-state index contributed by atoms with van der Waals surface area (Å²) in [6.45, 7) is 8.71. The van der Waals surface area contributed by atoms with Crippen molar-refractivity contribution >= 4 is 41.0 Å². The van der Waals surface area contributed by atoms with Crippen LogP contribution in [0, 0.1) is 0 Å². The van der Waals surface area contributed by atoms with Gasteiger partial charge in [-0.15, -0.1) is 24.0 Å². The summed E-state index contributed by atoms with van der Waals surface area (Å²) in [6.07, 6.45) is 0. The third-order valence-electron chi connectivity index (χ3n) is 4.86. The number of hydrogen-bond donors (Lipinski definition) is 2. The molecular weight excluding hydrogens is 461 g/mol. The summed E-state index contributed by atoms with van der Waals surface area (Å²) in [5.74, 6) is 1.77. The smallest absolute Gasteiger partial charge is 0.191 e. The largest absolute Gasteiger partial charge is 0.357 e. The Morgan fingerprint density at radius 1 is 1.04 bits per heavy atom. The number of aryl methyl sites for hydroxylation is 1. The van der Waals surface area contributed by atoms with Crippen molar-refractivity contribution in [3.63, 3.8) is 0 Å². The molecule has 150 valence electrons. The van der Waals surface area contributed by atoms with Crippen molar-refractivity contribution in [3.05, 3.63) is 66.0 Å². The summed E-state index contributed by atoms with van der Waals surface area (Å²) < 4.78 is 2.11. The van der Waals surface area contributed by atoms with E-state index in [1.165, 1.54) is 5.56 Å². The second-order valence-corrected chi connectivity index (χ2v) is 7.37. The van der Waals surface area contributed by atoms with Crippen molar-refractivity contribution in [2.45, 2.75) is 32.7 Å². The van der Waals surface area contributed by atoms with Crippen molar-refractivity contribution in [1.82, 2.24) is 20.2 Å². The number of nitrogens with zero attached hydrogens (tertiary/aromatic N) is 3. The van der Waals surface area contributed by atoms with Gasteiger partial charge in [-0.25, -0.2) is 9.98 Å². The number of aliphatic imine (C=N–C) groups is 1. The van der Waals surface area contributed by atoms with Crippen molar-refractivity contribution in [2.75, 3.05) is 13.1 Å². The number of fused-ring (bicyclic) bond motifs is 1. The van der Waals surface area contributed by atoms with Crippen LogP contribution in [-0.2, 0) is 19.0 Å². The standard InChI is InChI=1S/C22H29N5.HI/c1-5-23-21(25-16-22(2,3)17-11-7-6-8-12-17)24-15-20-26-18-13-9-10-14-19(18)27(20)4;/h6-14H,5,15-16H2,1-4H3,(H2,23,24,25);1H. The molecule has 1 aromatic heterocycles.